The van der Waals surface area contributed by atoms with Gasteiger partial charge >= 0.3 is 0 Å². The van der Waals surface area contributed by atoms with E-state index >= 15 is 0 Å². The van der Waals surface area contributed by atoms with E-state index in [1.807, 2.05) is 0 Å². The van der Waals surface area contributed by atoms with Gasteiger partial charge < -0.3 is 13.7 Å². The molecular weight excluding hydrogens is 691 g/mol. The normalized spacial score (nSPS) is 11.9. The first-order valence-corrected chi connectivity index (χ1v) is 19.6. The Morgan fingerprint density at radius 3 is 1.37 bits per heavy atom. The third-order valence-electron chi connectivity index (χ3n) is 11.8. The maximum Gasteiger partial charge on any atom is 0.0562 e. The molecule has 0 saturated heterocycles. The van der Waals surface area contributed by atoms with Crippen molar-refractivity contribution in [2.75, 3.05) is 0 Å². The predicted octanol–water partition coefficient (Wildman–Crippen LogP) is 14.3. The zero-order chi connectivity index (χ0) is 37.5. The van der Waals surface area contributed by atoms with Crippen LogP contribution in [0, 0.1) is 0 Å². The summed E-state index contributed by atoms with van der Waals surface area (Å²) in [6.45, 7) is 0. The van der Waals surface area contributed by atoms with Gasteiger partial charge in [0, 0.05) is 49.4 Å². The lowest BCUT2D eigenvalue weighted by molar-refractivity contribution is 1.16. The highest BCUT2D eigenvalue weighted by Gasteiger charge is 2.20. The highest BCUT2D eigenvalue weighted by atomic mass is 15.0. The zero-order valence-corrected chi connectivity index (χ0v) is 31.0. The Bertz CT molecular complexity index is 3490. The molecule has 57 heavy (non-hydrogen) atoms. The molecule has 0 bridgehead atoms. The van der Waals surface area contributed by atoms with Crippen molar-refractivity contribution in [2.45, 2.75) is 0 Å². The molecule has 0 atom stereocenters. The average molecular weight is 726 g/mol. The Kier molecular flexibility index (Phi) is 6.93. The van der Waals surface area contributed by atoms with Crippen molar-refractivity contribution in [1.29, 1.82) is 0 Å². The Morgan fingerprint density at radius 1 is 0.228 bits per heavy atom. The van der Waals surface area contributed by atoms with E-state index < -0.39 is 0 Å². The number of nitrogens with zero attached hydrogens (tertiary/aromatic N) is 3. The minimum Gasteiger partial charge on any atom is -0.309 e. The van der Waals surface area contributed by atoms with Gasteiger partial charge in [-0.05, 0) is 95.1 Å². The van der Waals surface area contributed by atoms with Crippen LogP contribution in [0.4, 0.5) is 0 Å². The van der Waals surface area contributed by atoms with Crippen molar-refractivity contribution in [3.63, 3.8) is 0 Å². The van der Waals surface area contributed by atoms with Crippen LogP contribution in [0.1, 0.15) is 0 Å². The summed E-state index contributed by atoms with van der Waals surface area (Å²) in [4.78, 5) is 0. The van der Waals surface area contributed by atoms with E-state index in [9.17, 15) is 0 Å². The molecule has 0 aliphatic carbocycles. The van der Waals surface area contributed by atoms with Gasteiger partial charge in [0.15, 0.2) is 0 Å². The first kappa shape index (κ1) is 31.7. The van der Waals surface area contributed by atoms with Crippen LogP contribution in [0.3, 0.4) is 0 Å². The molecule has 0 fully saturated rings. The molecule has 3 nitrogen and oxygen atoms in total. The van der Waals surface area contributed by atoms with Gasteiger partial charge in [-0.2, -0.15) is 0 Å². The number of benzene rings is 9. The molecule has 9 aromatic carbocycles. The first-order chi connectivity index (χ1) is 28.3. The quantitative estimate of drug-likeness (QED) is 0.168. The third kappa shape index (κ3) is 4.79. The van der Waals surface area contributed by atoms with Crippen molar-refractivity contribution >= 4 is 65.4 Å². The van der Waals surface area contributed by atoms with Gasteiger partial charge in [0.1, 0.15) is 0 Å². The molecule has 0 aliphatic rings. The van der Waals surface area contributed by atoms with Gasteiger partial charge in [0.05, 0.1) is 33.1 Å². The van der Waals surface area contributed by atoms with E-state index in [4.69, 9.17) is 0 Å². The second-order valence-electron chi connectivity index (χ2n) is 14.9. The highest BCUT2D eigenvalue weighted by molar-refractivity contribution is 6.20. The summed E-state index contributed by atoms with van der Waals surface area (Å²) in [5.74, 6) is 0. The van der Waals surface area contributed by atoms with Gasteiger partial charge in [-0.1, -0.05) is 140 Å². The summed E-state index contributed by atoms with van der Waals surface area (Å²) in [6.07, 6.45) is 0. The lowest BCUT2D eigenvalue weighted by Crippen LogP contribution is -1.96. The lowest BCUT2D eigenvalue weighted by atomic mass is 9.99. The molecule has 266 valence electrons. The molecule has 0 N–H and O–H groups in total. The molecule has 0 radical (unpaired) electrons. The summed E-state index contributed by atoms with van der Waals surface area (Å²) in [6, 6.07) is 77.4. The number of fused-ring (bicyclic) bond motifs is 9. The zero-order valence-electron chi connectivity index (χ0n) is 31.0. The average Bonchev–Trinajstić information content (AvgIpc) is 3.91. The topological polar surface area (TPSA) is 14.8 Å². The van der Waals surface area contributed by atoms with Crippen LogP contribution >= 0.6 is 0 Å². The molecule has 0 aliphatic heterocycles. The predicted molar refractivity (Wildman–Crippen MR) is 240 cm³/mol. The Balaban J connectivity index is 1.09. The molecule has 3 heteroatoms. The van der Waals surface area contributed by atoms with Crippen LogP contribution in [0.15, 0.2) is 212 Å². The van der Waals surface area contributed by atoms with Gasteiger partial charge in [0.25, 0.3) is 0 Å². The van der Waals surface area contributed by atoms with Gasteiger partial charge in [0.2, 0.25) is 0 Å². The van der Waals surface area contributed by atoms with Crippen molar-refractivity contribution in [2.24, 2.45) is 0 Å². The van der Waals surface area contributed by atoms with Crippen molar-refractivity contribution in [1.82, 2.24) is 13.7 Å². The maximum absolute atomic E-state index is 2.46. The largest absolute Gasteiger partial charge is 0.309 e. The van der Waals surface area contributed by atoms with Gasteiger partial charge in [-0.15, -0.1) is 0 Å². The van der Waals surface area contributed by atoms with Gasteiger partial charge in [-0.25, -0.2) is 0 Å². The third-order valence-corrected chi connectivity index (χ3v) is 11.8. The molecule has 0 unspecified atom stereocenters. The number of para-hydroxylation sites is 4. The van der Waals surface area contributed by atoms with E-state index in [1.54, 1.807) is 0 Å². The Labute approximate surface area is 329 Å². The van der Waals surface area contributed by atoms with Crippen LogP contribution in [-0.4, -0.2) is 13.7 Å². The van der Waals surface area contributed by atoms with Crippen LogP contribution in [0.25, 0.3) is 105 Å². The van der Waals surface area contributed by atoms with Crippen molar-refractivity contribution in [3.8, 4) is 39.3 Å². The van der Waals surface area contributed by atoms with Crippen LogP contribution in [-0.2, 0) is 0 Å². The SMILES string of the molecule is c1ccc(-c2ccc(-n3c4ccccc4c4cc5c6ccccc6n(-c6cccc(-c7cccc8c7c7ccccc7n8-c7ccccc7)c6)c5cc43)cc2)cc1. The minimum absolute atomic E-state index is 1.14. The fourth-order valence-corrected chi connectivity index (χ4v) is 9.35. The molecule has 3 aromatic heterocycles. The molecular formula is C54H35N3. The summed E-state index contributed by atoms with van der Waals surface area (Å²) < 4.78 is 7.28. The number of hydrogen-bond acceptors (Lipinski definition) is 0. The molecule has 0 amide bonds. The second kappa shape index (κ2) is 12.5. The first-order valence-electron chi connectivity index (χ1n) is 19.6. The van der Waals surface area contributed by atoms with E-state index in [0.717, 1.165) is 17.1 Å². The van der Waals surface area contributed by atoms with E-state index in [-0.39, 0.29) is 0 Å². The van der Waals surface area contributed by atoms with Crippen LogP contribution in [0.2, 0.25) is 0 Å². The highest BCUT2D eigenvalue weighted by Crippen LogP contribution is 2.42. The minimum atomic E-state index is 1.14. The van der Waals surface area contributed by atoms with E-state index in [1.165, 1.54) is 87.7 Å². The van der Waals surface area contributed by atoms with Crippen LogP contribution in [0.5, 0.6) is 0 Å². The summed E-state index contributed by atoms with van der Waals surface area (Å²) in [7, 11) is 0. The lowest BCUT2D eigenvalue weighted by Gasteiger charge is -2.13. The molecule has 0 spiro atoms. The fourth-order valence-electron chi connectivity index (χ4n) is 9.35. The van der Waals surface area contributed by atoms with Crippen molar-refractivity contribution in [3.05, 3.63) is 212 Å². The molecule has 0 saturated carbocycles. The second-order valence-corrected chi connectivity index (χ2v) is 14.9. The monoisotopic (exact) mass is 725 g/mol. The smallest absolute Gasteiger partial charge is 0.0562 e. The Morgan fingerprint density at radius 2 is 0.684 bits per heavy atom. The number of rotatable bonds is 5. The molecule has 12 aromatic rings. The van der Waals surface area contributed by atoms with Crippen LogP contribution < -0.4 is 0 Å². The van der Waals surface area contributed by atoms with E-state index in [2.05, 4.69) is 226 Å². The number of hydrogen-bond donors (Lipinski definition) is 0. The molecule has 12 rings (SSSR count). The summed E-state index contributed by atoms with van der Waals surface area (Å²) in [5.41, 5.74) is 15.5. The van der Waals surface area contributed by atoms with Gasteiger partial charge in [-0.3, -0.25) is 0 Å². The standard InChI is InChI=1S/C54H35N3/c1-3-15-36(16-4-1)37-29-31-40(32-30-37)56-48-25-10-7-21-43(48)46-34-47-44-22-8-11-26-49(44)57(53(47)35-52(46)56)41-20-13-17-38(33-41)42-24-14-28-51-54(42)45-23-9-12-27-50(45)55(51)39-18-5-2-6-19-39/h1-35H. The Hall–Kier alpha value is -7.62. The summed E-state index contributed by atoms with van der Waals surface area (Å²) >= 11 is 0. The number of aromatic nitrogens is 3. The maximum atomic E-state index is 2.46. The molecule has 3 heterocycles. The fraction of sp³-hybridized carbons (Fsp3) is 0. The summed E-state index contributed by atoms with van der Waals surface area (Å²) in [5, 5.41) is 7.52. The van der Waals surface area contributed by atoms with Crippen molar-refractivity contribution < 1.29 is 0 Å². The van der Waals surface area contributed by atoms with E-state index in [0.29, 0.717) is 0 Å².